The van der Waals surface area contributed by atoms with E-state index in [-0.39, 0.29) is 18.8 Å². The van der Waals surface area contributed by atoms with Gasteiger partial charge in [0.2, 0.25) is 0 Å². The second-order valence-electron chi connectivity index (χ2n) is 9.88. The van der Waals surface area contributed by atoms with Gasteiger partial charge in [0.25, 0.3) is 0 Å². The first kappa shape index (κ1) is 24.7. The first-order chi connectivity index (χ1) is 16.3. The second kappa shape index (κ2) is 10.5. The Morgan fingerprint density at radius 3 is 2.62 bits per heavy atom. The molecule has 2 unspecified atom stereocenters. The maximum absolute atomic E-state index is 14.3. The van der Waals surface area contributed by atoms with Crippen molar-refractivity contribution < 1.29 is 13.5 Å². The third kappa shape index (κ3) is 5.01. The molecule has 5 nitrogen and oxygen atoms in total. The van der Waals surface area contributed by atoms with Crippen LogP contribution in [0.3, 0.4) is 0 Å². The highest BCUT2D eigenvalue weighted by atomic mass is 19.1. The Balaban J connectivity index is 1.64. The van der Waals surface area contributed by atoms with Gasteiger partial charge in [-0.3, -0.25) is 14.2 Å². The zero-order chi connectivity index (χ0) is 24.4. The van der Waals surface area contributed by atoms with Crippen molar-refractivity contribution in [2.24, 2.45) is 0 Å². The van der Waals surface area contributed by atoms with Crippen LogP contribution in [-0.4, -0.2) is 68.0 Å². The van der Waals surface area contributed by atoms with Crippen molar-refractivity contribution in [2.45, 2.75) is 57.9 Å². The Kier molecular flexibility index (Phi) is 7.63. The van der Waals surface area contributed by atoms with Crippen molar-refractivity contribution in [1.82, 2.24) is 9.80 Å². The summed E-state index contributed by atoms with van der Waals surface area (Å²) in [6.07, 6.45) is 0.500. The molecule has 1 saturated heterocycles. The number of halogens is 2. The minimum atomic E-state index is -0.938. The van der Waals surface area contributed by atoms with E-state index >= 15 is 0 Å². The summed E-state index contributed by atoms with van der Waals surface area (Å²) in [5.41, 5.74) is 12.6. The van der Waals surface area contributed by atoms with Crippen LogP contribution < -0.4 is 15.8 Å². The summed E-state index contributed by atoms with van der Waals surface area (Å²) in [7, 11) is 1.69. The van der Waals surface area contributed by atoms with E-state index in [4.69, 9.17) is 10.5 Å². The summed E-state index contributed by atoms with van der Waals surface area (Å²) in [5, 5.41) is 3.57. The van der Waals surface area contributed by atoms with Crippen LogP contribution in [0.25, 0.3) is 0 Å². The fourth-order valence-electron chi connectivity index (χ4n) is 5.48. The molecule has 0 aliphatic carbocycles. The monoisotopic (exact) mass is 472 g/mol. The fourth-order valence-corrected chi connectivity index (χ4v) is 5.48. The Bertz CT molecular complexity index is 993. The third-order valence-corrected chi connectivity index (χ3v) is 7.29. The summed E-state index contributed by atoms with van der Waals surface area (Å²) >= 11 is 0. The molecule has 0 radical (unpaired) electrons. The Morgan fingerprint density at radius 2 is 1.94 bits per heavy atom. The van der Waals surface area contributed by atoms with Crippen molar-refractivity contribution >= 4 is 11.4 Å². The zero-order valence-corrected chi connectivity index (χ0v) is 20.8. The highest BCUT2D eigenvalue weighted by molar-refractivity contribution is 5.60. The second-order valence-corrected chi connectivity index (χ2v) is 9.88. The molecule has 2 heterocycles. The number of ether oxygens (including phenoxy) is 1. The topological polar surface area (TPSA) is 53.8 Å². The lowest BCUT2D eigenvalue weighted by Gasteiger charge is -2.44. The molecule has 0 aromatic heterocycles. The largest absolute Gasteiger partial charge is 0.496 e. The molecular weight excluding hydrogens is 434 g/mol. The lowest BCUT2D eigenvalue weighted by molar-refractivity contribution is 0.112. The Morgan fingerprint density at radius 1 is 1.21 bits per heavy atom. The number of benzene rings is 2. The van der Waals surface area contributed by atoms with Crippen molar-refractivity contribution in [1.29, 1.82) is 0 Å². The van der Waals surface area contributed by atoms with Crippen molar-refractivity contribution in [3.63, 3.8) is 0 Å². The minimum absolute atomic E-state index is 0.111. The van der Waals surface area contributed by atoms with Gasteiger partial charge < -0.3 is 15.8 Å². The maximum Gasteiger partial charge on any atom is 0.126 e. The number of hydrogen-bond acceptors (Lipinski definition) is 5. The molecule has 3 N–H and O–H groups in total. The molecule has 2 aromatic carbocycles. The van der Waals surface area contributed by atoms with E-state index in [1.54, 1.807) is 14.0 Å². The molecule has 7 heteroatoms. The molecule has 4 rings (SSSR count). The lowest BCUT2D eigenvalue weighted by atomic mass is 9.82. The average molecular weight is 473 g/mol. The van der Waals surface area contributed by atoms with Crippen LogP contribution in [0.15, 0.2) is 30.3 Å². The fraction of sp³-hybridized carbons (Fsp3) is 0.556. The molecular formula is C27H38F2N4O. The predicted octanol–water partition coefficient (Wildman–Crippen LogP) is 4.74. The molecule has 2 aromatic rings. The number of nitrogens with two attached hydrogens (primary N) is 1. The Hall–Kier alpha value is -2.38. The van der Waals surface area contributed by atoms with Gasteiger partial charge in [-0.1, -0.05) is 12.1 Å². The molecule has 2 aliphatic rings. The van der Waals surface area contributed by atoms with E-state index in [1.807, 2.05) is 12.1 Å². The van der Waals surface area contributed by atoms with E-state index in [0.29, 0.717) is 19.0 Å². The number of nitrogen functional groups attached to an aromatic ring is 1. The number of hydrogen-bond donors (Lipinski definition) is 2. The molecule has 3 atom stereocenters. The lowest BCUT2D eigenvalue weighted by Crippen LogP contribution is -2.54. The van der Waals surface area contributed by atoms with Crippen LogP contribution in [0.5, 0.6) is 5.75 Å². The van der Waals surface area contributed by atoms with Crippen molar-refractivity contribution in [2.75, 3.05) is 51.0 Å². The SMILES string of the molecule is COc1cc(NC2CN(CCCF)C2)ccc1C1c2ccc(N)c(C)c2C[C@@H](C)N1CC(C)F. The van der Waals surface area contributed by atoms with Crippen LogP contribution in [0.4, 0.5) is 20.2 Å². The summed E-state index contributed by atoms with van der Waals surface area (Å²) in [5.74, 6) is 0.787. The van der Waals surface area contributed by atoms with Crippen LogP contribution in [0.2, 0.25) is 0 Å². The first-order valence-corrected chi connectivity index (χ1v) is 12.3. The minimum Gasteiger partial charge on any atom is -0.496 e. The van der Waals surface area contributed by atoms with E-state index in [9.17, 15) is 8.78 Å². The van der Waals surface area contributed by atoms with Gasteiger partial charge in [0, 0.05) is 55.2 Å². The maximum atomic E-state index is 14.3. The number of alkyl halides is 2. The predicted molar refractivity (Wildman–Crippen MR) is 135 cm³/mol. The number of likely N-dealkylation sites (tertiary alicyclic amines) is 1. The van der Waals surface area contributed by atoms with Crippen molar-refractivity contribution in [3.8, 4) is 5.75 Å². The number of anilines is 2. The molecule has 1 fully saturated rings. The molecule has 34 heavy (non-hydrogen) atoms. The van der Waals surface area contributed by atoms with Crippen LogP contribution in [0.1, 0.15) is 48.6 Å². The summed E-state index contributed by atoms with van der Waals surface area (Å²) in [4.78, 5) is 4.51. The quantitative estimate of drug-likeness (QED) is 0.517. The standard InChI is InChI=1S/C27H38F2N4O/c1-17(29)14-33-18(2)12-24-19(3)25(30)9-8-22(24)27(33)23-7-6-20(13-26(23)34-4)31-21-15-32(16-21)11-5-10-28/h6-9,13,17-18,21,27,31H,5,10-12,14-16,30H2,1-4H3/t17?,18-,27?/m1/s1. The van der Waals surface area contributed by atoms with E-state index in [2.05, 4.69) is 47.2 Å². The van der Waals surface area contributed by atoms with Gasteiger partial charge in [0.15, 0.2) is 0 Å². The number of rotatable bonds is 9. The number of fused-ring (bicyclic) bond motifs is 1. The molecule has 0 amide bonds. The van der Waals surface area contributed by atoms with Gasteiger partial charge in [-0.2, -0.15) is 0 Å². The first-order valence-electron chi connectivity index (χ1n) is 12.3. The summed E-state index contributed by atoms with van der Waals surface area (Å²) in [6, 6.07) is 10.7. The van der Waals surface area contributed by atoms with Gasteiger partial charge in [-0.15, -0.1) is 0 Å². The smallest absolute Gasteiger partial charge is 0.126 e. The van der Waals surface area contributed by atoms with Gasteiger partial charge in [0.05, 0.1) is 25.9 Å². The molecule has 0 spiro atoms. The van der Waals surface area contributed by atoms with Crippen LogP contribution >= 0.6 is 0 Å². The van der Waals surface area contributed by atoms with Crippen LogP contribution in [0, 0.1) is 6.92 Å². The van der Waals surface area contributed by atoms with E-state index < -0.39 is 6.17 Å². The molecule has 2 aliphatic heterocycles. The summed E-state index contributed by atoms with van der Waals surface area (Å²) < 4.78 is 32.6. The number of nitrogens with zero attached hydrogens (tertiary/aromatic N) is 2. The van der Waals surface area contributed by atoms with Crippen molar-refractivity contribution in [3.05, 3.63) is 52.6 Å². The van der Waals surface area contributed by atoms with Gasteiger partial charge in [-0.25, -0.2) is 4.39 Å². The van der Waals surface area contributed by atoms with Gasteiger partial charge in [0.1, 0.15) is 11.9 Å². The highest BCUT2D eigenvalue weighted by Gasteiger charge is 2.36. The molecule has 0 saturated carbocycles. The Labute approximate surface area is 202 Å². The van der Waals surface area contributed by atoms with Gasteiger partial charge in [-0.05, 0) is 62.4 Å². The molecule has 186 valence electrons. The number of nitrogens with one attached hydrogen (secondary N) is 1. The van der Waals surface area contributed by atoms with Crippen LogP contribution in [-0.2, 0) is 6.42 Å². The third-order valence-electron chi connectivity index (χ3n) is 7.29. The number of methoxy groups -OCH3 is 1. The normalized spacial score (nSPS) is 22.2. The van der Waals surface area contributed by atoms with Gasteiger partial charge >= 0.3 is 0 Å². The highest BCUT2D eigenvalue weighted by Crippen LogP contribution is 2.44. The summed E-state index contributed by atoms with van der Waals surface area (Å²) in [6.45, 7) is 8.59. The van der Waals surface area contributed by atoms with E-state index in [1.165, 1.54) is 11.1 Å². The van der Waals surface area contributed by atoms with E-state index in [0.717, 1.165) is 54.3 Å². The zero-order valence-electron chi connectivity index (χ0n) is 20.8. The average Bonchev–Trinajstić information content (AvgIpc) is 2.78. The molecule has 0 bridgehead atoms.